The minimum atomic E-state index is -2.80. The Balaban J connectivity index is 1.95. The third-order valence-electron chi connectivity index (χ3n) is 5.04. The third-order valence-corrected chi connectivity index (χ3v) is 6.14. The van der Waals surface area contributed by atoms with E-state index in [9.17, 15) is 18.4 Å². The van der Waals surface area contributed by atoms with Gasteiger partial charge in [0, 0.05) is 10.9 Å². The zero-order chi connectivity index (χ0) is 23.0. The van der Waals surface area contributed by atoms with Crippen LogP contribution in [0.2, 0.25) is 0 Å². The number of halogens is 2. The van der Waals surface area contributed by atoms with Crippen LogP contribution in [0.15, 0.2) is 54.6 Å². The number of alkyl halides is 2. The van der Waals surface area contributed by atoms with Crippen molar-refractivity contribution in [3.8, 4) is 11.1 Å². The maximum Gasteiger partial charge on any atom is 0.280 e. The summed E-state index contributed by atoms with van der Waals surface area (Å²) in [5.74, 6) is -1.22. The molecule has 0 aliphatic carbocycles. The van der Waals surface area contributed by atoms with Gasteiger partial charge in [-0.2, -0.15) is 0 Å². The molecule has 0 saturated carbocycles. The SMILES string of the molecule is Cc1ccc(C(=O)Nc2c(C(N)=O)sc3nc(C(F)F)cc(-c4ccc(C)cc4)c23)cc1. The molecule has 0 radical (unpaired) electrons. The lowest BCUT2D eigenvalue weighted by atomic mass is 10.00. The third kappa shape index (κ3) is 4.09. The van der Waals surface area contributed by atoms with Crippen molar-refractivity contribution in [1.29, 1.82) is 0 Å². The summed E-state index contributed by atoms with van der Waals surface area (Å²) in [6.07, 6.45) is -2.80. The van der Waals surface area contributed by atoms with Gasteiger partial charge >= 0.3 is 0 Å². The Morgan fingerprint density at radius 3 is 2.16 bits per heavy atom. The average molecular weight is 451 g/mol. The van der Waals surface area contributed by atoms with Gasteiger partial charge < -0.3 is 11.1 Å². The molecule has 0 spiro atoms. The number of amides is 2. The molecular weight excluding hydrogens is 432 g/mol. The second-order valence-electron chi connectivity index (χ2n) is 7.43. The van der Waals surface area contributed by atoms with E-state index in [0.29, 0.717) is 22.1 Å². The van der Waals surface area contributed by atoms with Crippen molar-refractivity contribution in [2.45, 2.75) is 20.3 Å². The Morgan fingerprint density at radius 1 is 1.00 bits per heavy atom. The minimum absolute atomic E-state index is 0.0488. The summed E-state index contributed by atoms with van der Waals surface area (Å²) in [5.41, 5.74) is 8.80. The van der Waals surface area contributed by atoms with E-state index in [1.54, 1.807) is 36.4 Å². The number of aromatic nitrogens is 1. The van der Waals surface area contributed by atoms with Crippen LogP contribution in [0.5, 0.6) is 0 Å². The van der Waals surface area contributed by atoms with Gasteiger partial charge in [0.05, 0.1) is 5.69 Å². The predicted molar refractivity (Wildman–Crippen MR) is 122 cm³/mol. The van der Waals surface area contributed by atoms with Crippen LogP contribution in [0.1, 0.15) is 43.3 Å². The quantitative estimate of drug-likeness (QED) is 0.398. The fraction of sp³-hybridized carbons (Fsp3) is 0.125. The van der Waals surface area contributed by atoms with Gasteiger partial charge in [-0.15, -0.1) is 11.3 Å². The largest absolute Gasteiger partial charge is 0.365 e. The van der Waals surface area contributed by atoms with E-state index in [1.165, 1.54) is 6.07 Å². The summed E-state index contributed by atoms with van der Waals surface area (Å²) < 4.78 is 27.1. The second-order valence-corrected chi connectivity index (χ2v) is 8.43. The molecular formula is C24H19F2N3O2S. The van der Waals surface area contributed by atoms with E-state index in [4.69, 9.17) is 5.73 Å². The lowest BCUT2D eigenvalue weighted by molar-refractivity contribution is 0.100. The minimum Gasteiger partial charge on any atom is -0.365 e. The van der Waals surface area contributed by atoms with Gasteiger partial charge in [0.25, 0.3) is 18.2 Å². The molecule has 4 rings (SSSR count). The van der Waals surface area contributed by atoms with Crippen LogP contribution in [0.25, 0.3) is 21.3 Å². The van der Waals surface area contributed by atoms with Crippen molar-refractivity contribution in [3.63, 3.8) is 0 Å². The number of rotatable bonds is 5. The molecule has 2 amide bonds. The van der Waals surface area contributed by atoms with Gasteiger partial charge in [-0.3, -0.25) is 9.59 Å². The number of hydrogen-bond acceptors (Lipinski definition) is 4. The van der Waals surface area contributed by atoms with Crippen LogP contribution >= 0.6 is 11.3 Å². The summed E-state index contributed by atoms with van der Waals surface area (Å²) >= 11 is 0.881. The number of anilines is 1. The summed E-state index contributed by atoms with van der Waals surface area (Å²) in [4.78, 5) is 29.4. The highest BCUT2D eigenvalue weighted by molar-refractivity contribution is 7.21. The number of primary amides is 1. The molecule has 5 nitrogen and oxygen atoms in total. The first-order valence-electron chi connectivity index (χ1n) is 9.75. The van der Waals surface area contributed by atoms with Gasteiger partial charge in [0.1, 0.15) is 15.4 Å². The molecule has 8 heteroatoms. The molecule has 0 bridgehead atoms. The smallest absolute Gasteiger partial charge is 0.280 e. The van der Waals surface area contributed by atoms with E-state index in [1.807, 2.05) is 26.0 Å². The normalized spacial score (nSPS) is 11.2. The lowest BCUT2D eigenvalue weighted by Crippen LogP contribution is -2.16. The van der Waals surface area contributed by atoms with E-state index in [0.717, 1.165) is 22.5 Å². The number of pyridine rings is 1. The summed E-state index contributed by atoms with van der Waals surface area (Å²) in [6, 6.07) is 15.5. The Bertz CT molecular complexity index is 1330. The molecule has 2 heterocycles. The fourth-order valence-electron chi connectivity index (χ4n) is 3.37. The molecule has 2 aromatic carbocycles. The first-order valence-corrected chi connectivity index (χ1v) is 10.6. The zero-order valence-electron chi connectivity index (χ0n) is 17.3. The molecule has 162 valence electrons. The van der Waals surface area contributed by atoms with E-state index in [-0.39, 0.29) is 15.4 Å². The number of benzene rings is 2. The summed E-state index contributed by atoms with van der Waals surface area (Å²) in [7, 11) is 0. The number of carbonyl (C=O) groups excluding carboxylic acids is 2. The topological polar surface area (TPSA) is 85.1 Å². The summed E-state index contributed by atoms with van der Waals surface area (Å²) in [6.45, 7) is 3.82. The highest BCUT2D eigenvalue weighted by Gasteiger charge is 2.25. The van der Waals surface area contributed by atoms with Gasteiger partial charge in [-0.25, -0.2) is 13.8 Å². The van der Waals surface area contributed by atoms with Crippen LogP contribution < -0.4 is 11.1 Å². The standard InChI is InChI=1S/C24H19F2N3O2S/c1-12-3-7-14(8-4-12)16-11-17(21(25)26)28-24-18(16)19(20(32-24)22(27)30)29-23(31)15-9-5-13(2)6-10-15/h3-11,21H,1-2H3,(H2,27,30)(H,29,31). The highest BCUT2D eigenvalue weighted by Crippen LogP contribution is 2.42. The Hall–Kier alpha value is -3.65. The van der Waals surface area contributed by atoms with Gasteiger partial charge in [-0.1, -0.05) is 47.5 Å². The van der Waals surface area contributed by atoms with E-state index in [2.05, 4.69) is 10.3 Å². The van der Waals surface area contributed by atoms with Gasteiger partial charge in [-0.05, 0) is 43.2 Å². The average Bonchev–Trinajstić information content (AvgIpc) is 3.12. The number of fused-ring (bicyclic) bond motifs is 1. The molecule has 4 aromatic rings. The maximum atomic E-state index is 13.6. The first-order chi connectivity index (χ1) is 15.2. The Labute approximate surface area is 186 Å². The monoisotopic (exact) mass is 451 g/mol. The molecule has 0 aliphatic heterocycles. The van der Waals surface area contributed by atoms with Crippen molar-refractivity contribution in [1.82, 2.24) is 4.98 Å². The van der Waals surface area contributed by atoms with Crippen molar-refractivity contribution in [2.75, 3.05) is 5.32 Å². The van der Waals surface area contributed by atoms with Crippen LogP contribution in [0, 0.1) is 13.8 Å². The molecule has 0 aliphatic rings. The molecule has 2 aromatic heterocycles. The number of thiophene rings is 1. The van der Waals surface area contributed by atoms with Crippen molar-refractivity contribution in [3.05, 3.63) is 81.9 Å². The zero-order valence-corrected chi connectivity index (χ0v) is 18.1. The fourth-order valence-corrected chi connectivity index (χ4v) is 4.39. The lowest BCUT2D eigenvalue weighted by Gasteiger charge is -2.11. The predicted octanol–water partition coefficient (Wildman–Crippen LogP) is 5.87. The van der Waals surface area contributed by atoms with Crippen molar-refractivity contribution in [2.24, 2.45) is 5.73 Å². The molecule has 0 saturated heterocycles. The number of nitrogens with two attached hydrogens (primary N) is 1. The molecule has 32 heavy (non-hydrogen) atoms. The van der Waals surface area contributed by atoms with Crippen molar-refractivity contribution < 1.29 is 18.4 Å². The van der Waals surface area contributed by atoms with Gasteiger partial charge in [0.2, 0.25) is 0 Å². The number of aryl methyl sites for hydroxylation is 2. The number of carbonyl (C=O) groups is 2. The van der Waals surface area contributed by atoms with Gasteiger partial charge in [0.15, 0.2) is 0 Å². The number of nitrogens with one attached hydrogen (secondary N) is 1. The second kappa shape index (κ2) is 8.47. The van der Waals surface area contributed by atoms with Crippen LogP contribution in [0.3, 0.4) is 0 Å². The Morgan fingerprint density at radius 2 is 1.59 bits per heavy atom. The molecule has 0 unspecified atom stereocenters. The first kappa shape index (κ1) is 21.6. The number of hydrogen-bond donors (Lipinski definition) is 2. The van der Waals surface area contributed by atoms with Crippen LogP contribution in [-0.4, -0.2) is 16.8 Å². The van der Waals surface area contributed by atoms with Crippen molar-refractivity contribution >= 4 is 39.1 Å². The molecule has 3 N–H and O–H groups in total. The maximum absolute atomic E-state index is 13.6. The van der Waals surface area contributed by atoms with E-state index >= 15 is 0 Å². The summed E-state index contributed by atoms with van der Waals surface area (Å²) in [5, 5.41) is 3.16. The van der Waals surface area contributed by atoms with Crippen LogP contribution in [0.4, 0.5) is 14.5 Å². The van der Waals surface area contributed by atoms with Crippen LogP contribution in [-0.2, 0) is 0 Å². The highest BCUT2D eigenvalue weighted by atomic mass is 32.1. The molecule has 0 atom stereocenters. The van der Waals surface area contributed by atoms with E-state index < -0.39 is 23.9 Å². The molecule has 0 fully saturated rings. The Kier molecular flexibility index (Phi) is 5.71. The number of nitrogens with zero attached hydrogens (tertiary/aromatic N) is 1.